The molecule has 0 aromatic carbocycles. The third-order valence-electron chi connectivity index (χ3n) is 3.08. The van der Waals surface area contributed by atoms with E-state index in [1.165, 1.54) is 5.56 Å². The molecule has 2 heterocycles. The number of ether oxygens (including phenoxy) is 1. The van der Waals surface area contributed by atoms with Gasteiger partial charge in [0.05, 0.1) is 18.9 Å². The molecule has 1 aromatic heterocycles. The molecule has 2 rings (SSSR count). The Labute approximate surface area is 90.8 Å². The summed E-state index contributed by atoms with van der Waals surface area (Å²) in [5.74, 6) is 1.03. The average molecular weight is 209 g/mol. The van der Waals surface area contributed by atoms with Gasteiger partial charge >= 0.3 is 0 Å². The molecule has 0 radical (unpaired) electrons. The fraction of sp³-hybridized carbons (Fsp3) is 0.667. The highest BCUT2D eigenvalue weighted by Gasteiger charge is 2.31. The summed E-state index contributed by atoms with van der Waals surface area (Å²) < 4.78 is 10.9. The largest absolute Gasteiger partial charge is 0.467 e. The normalized spacial score (nSPS) is 28.2. The molecule has 2 atom stereocenters. The van der Waals surface area contributed by atoms with Gasteiger partial charge in [-0.3, -0.25) is 5.32 Å². The Hall–Kier alpha value is -0.800. The molecule has 3 nitrogen and oxygen atoms in total. The molecular weight excluding hydrogens is 190 g/mol. The fourth-order valence-corrected chi connectivity index (χ4v) is 2.20. The summed E-state index contributed by atoms with van der Waals surface area (Å²) in [4.78, 5) is 0. The first-order chi connectivity index (χ1) is 7.11. The molecule has 1 aromatic rings. The summed E-state index contributed by atoms with van der Waals surface area (Å²) in [5, 5.41) is 3.58. The van der Waals surface area contributed by atoms with E-state index < -0.39 is 0 Å². The van der Waals surface area contributed by atoms with Gasteiger partial charge in [0, 0.05) is 12.1 Å². The SMILES string of the molecule is Cc1ccoc1C(C)NC1(C)CCOC1. The second-order valence-electron chi connectivity index (χ2n) is 4.70. The Bertz CT molecular complexity index is 326. The summed E-state index contributed by atoms with van der Waals surface area (Å²) >= 11 is 0. The summed E-state index contributed by atoms with van der Waals surface area (Å²) in [6, 6.07) is 2.24. The van der Waals surface area contributed by atoms with Crippen LogP contribution >= 0.6 is 0 Å². The molecule has 0 spiro atoms. The highest BCUT2D eigenvalue weighted by Crippen LogP contribution is 2.25. The molecule has 0 aliphatic carbocycles. The van der Waals surface area contributed by atoms with Crippen molar-refractivity contribution < 1.29 is 9.15 Å². The van der Waals surface area contributed by atoms with Gasteiger partial charge in [-0.05, 0) is 38.8 Å². The van der Waals surface area contributed by atoms with Crippen molar-refractivity contribution in [3.8, 4) is 0 Å². The predicted molar refractivity (Wildman–Crippen MR) is 58.8 cm³/mol. The lowest BCUT2D eigenvalue weighted by Crippen LogP contribution is -2.44. The standard InChI is InChI=1S/C12H19NO2/c1-9-4-6-15-11(9)10(2)13-12(3)5-7-14-8-12/h4,6,10,13H,5,7-8H2,1-3H3. The minimum atomic E-state index is 0.0959. The van der Waals surface area contributed by atoms with Crippen molar-refractivity contribution in [1.29, 1.82) is 0 Å². The minimum absolute atomic E-state index is 0.0959. The maximum Gasteiger partial charge on any atom is 0.123 e. The number of aryl methyl sites for hydroxylation is 1. The Kier molecular flexibility index (Phi) is 2.85. The topological polar surface area (TPSA) is 34.4 Å². The molecule has 1 fully saturated rings. The molecule has 2 unspecified atom stereocenters. The minimum Gasteiger partial charge on any atom is -0.467 e. The van der Waals surface area contributed by atoms with Crippen LogP contribution in [0.5, 0.6) is 0 Å². The Morgan fingerprint density at radius 3 is 2.87 bits per heavy atom. The second-order valence-corrected chi connectivity index (χ2v) is 4.70. The van der Waals surface area contributed by atoms with Gasteiger partial charge in [0.15, 0.2) is 0 Å². The molecule has 0 bridgehead atoms. The monoisotopic (exact) mass is 209 g/mol. The van der Waals surface area contributed by atoms with Crippen LogP contribution in [0, 0.1) is 6.92 Å². The lowest BCUT2D eigenvalue weighted by Gasteiger charge is -2.27. The van der Waals surface area contributed by atoms with Crippen LogP contribution in [0.25, 0.3) is 0 Å². The van der Waals surface area contributed by atoms with Crippen LogP contribution in [-0.2, 0) is 4.74 Å². The van der Waals surface area contributed by atoms with Gasteiger partial charge in [0.2, 0.25) is 0 Å². The van der Waals surface area contributed by atoms with Crippen LogP contribution < -0.4 is 5.32 Å². The molecule has 15 heavy (non-hydrogen) atoms. The maximum absolute atomic E-state index is 5.48. The molecule has 0 saturated carbocycles. The van der Waals surface area contributed by atoms with Crippen LogP contribution in [0.4, 0.5) is 0 Å². The molecule has 1 aliphatic rings. The second kappa shape index (κ2) is 3.99. The zero-order valence-corrected chi connectivity index (χ0v) is 9.67. The van der Waals surface area contributed by atoms with Crippen LogP contribution in [-0.4, -0.2) is 18.8 Å². The van der Waals surface area contributed by atoms with Crippen LogP contribution in [0.3, 0.4) is 0 Å². The molecule has 3 heteroatoms. The van der Waals surface area contributed by atoms with Crippen LogP contribution in [0.1, 0.15) is 37.6 Å². The zero-order chi connectivity index (χ0) is 10.9. The first-order valence-corrected chi connectivity index (χ1v) is 5.50. The Morgan fingerprint density at radius 1 is 1.53 bits per heavy atom. The molecule has 84 valence electrons. The molecule has 1 saturated heterocycles. The average Bonchev–Trinajstić information content (AvgIpc) is 2.74. The van der Waals surface area contributed by atoms with Crippen molar-refractivity contribution in [3.63, 3.8) is 0 Å². The van der Waals surface area contributed by atoms with Gasteiger partial charge in [-0.1, -0.05) is 0 Å². The van der Waals surface area contributed by atoms with Gasteiger partial charge in [-0.2, -0.15) is 0 Å². The van der Waals surface area contributed by atoms with E-state index in [9.17, 15) is 0 Å². The molecule has 1 aliphatic heterocycles. The number of hydrogen-bond acceptors (Lipinski definition) is 3. The molecule has 0 amide bonds. The predicted octanol–water partition coefficient (Wildman–Crippen LogP) is 2.42. The van der Waals surface area contributed by atoms with E-state index >= 15 is 0 Å². The summed E-state index contributed by atoms with van der Waals surface area (Å²) in [6.45, 7) is 8.05. The lowest BCUT2D eigenvalue weighted by atomic mass is 9.99. The van der Waals surface area contributed by atoms with Gasteiger partial charge in [-0.15, -0.1) is 0 Å². The Balaban J connectivity index is 2.03. The third kappa shape index (κ3) is 2.24. The first kappa shape index (κ1) is 10.7. The van der Waals surface area contributed by atoms with Gasteiger partial charge in [0.25, 0.3) is 0 Å². The van der Waals surface area contributed by atoms with Crippen molar-refractivity contribution in [2.24, 2.45) is 0 Å². The van der Waals surface area contributed by atoms with E-state index in [2.05, 4.69) is 26.1 Å². The highest BCUT2D eigenvalue weighted by atomic mass is 16.5. The highest BCUT2D eigenvalue weighted by molar-refractivity contribution is 5.18. The van der Waals surface area contributed by atoms with E-state index in [0.717, 1.165) is 25.4 Å². The van der Waals surface area contributed by atoms with Gasteiger partial charge in [0.1, 0.15) is 5.76 Å². The van der Waals surface area contributed by atoms with Crippen molar-refractivity contribution in [3.05, 3.63) is 23.7 Å². The summed E-state index contributed by atoms with van der Waals surface area (Å²) in [7, 11) is 0. The van der Waals surface area contributed by atoms with Crippen molar-refractivity contribution >= 4 is 0 Å². The summed E-state index contributed by atoms with van der Waals surface area (Å²) in [6.07, 6.45) is 2.81. The number of rotatable bonds is 3. The quantitative estimate of drug-likeness (QED) is 0.830. The van der Waals surface area contributed by atoms with Crippen LogP contribution in [0.2, 0.25) is 0 Å². The Morgan fingerprint density at radius 2 is 2.33 bits per heavy atom. The van der Waals surface area contributed by atoms with E-state index in [-0.39, 0.29) is 11.6 Å². The van der Waals surface area contributed by atoms with Crippen LogP contribution in [0.15, 0.2) is 16.7 Å². The van der Waals surface area contributed by atoms with Gasteiger partial charge in [-0.25, -0.2) is 0 Å². The fourth-order valence-electron chi connectivity index (χ4n) is 2.20. The van der Waals surface area contributed by atoms with E-state index in [4.69, 9.17) is 9.15 Å². The third-order valence-corrected chi connectivity index (χ3v) is 3.08. The van der Waals surface area contributed by atoms with Crippen molar-refractivity contribution in [1.82, 2.24) is 5.32 Å². The smallest absolute Gasteiger partial charge is 0.123 e. The van der Waals surface area contributed by atoms with Crippen molar-refractivity contribution in [2.45, 2.75) is 38.8 Å². The first-order valence-electron chi connectivity index (χ1n) is 5.50. The van der Waals surface area contributed by atoms with E-state index in [0.29, 0.717) is 0 Å². The summed E-state index contributed by atoms with van der Waals surface area (Å²) in [5.41, 5.74) is 1.30. The van der Waals surface area contributed by atoms with E-state index in [1.807, 2.05) is 6.07 Å². The zero-order valence-electron chi connectivity index (χ0n) is 9.67. The van der Waals surface area contributed by atoms with Crippen molar-refractivity contribution in [2.75, 3.05) is 13.2 Å². The van der Waals surface area contributed by atoms with E-state index in [1.54, 1.807) is 6.26 Å². The lowest BCUT2D eigenvalue weighted by molar-refractivity contribution is 0.165. The number of nitrogens with one attached hydrogen (secondary N) is 1. The number of furan rings is 1. The molecular formula is C12H19NO2. The molecule has 1 N–H and O–H groups in total. The maximum atomic E-state index is 5.48. The van der Waals surface area contributed by atoms with Gasteiger partial charge < -0.3 is 9.15 Å². The number of hydrogen-bond donors (Lipinski definition) is 1.